The Morgan fingerprint density at radius 3 is 2.63 bits per heavy atom. The molecule has 2 aliphatic heterocycles. The van der Waals surface area contributed by atoms with Gasteiger partial charge in [0.05, 0.1) is 12.3 Å². The van der Waals surface area contributed by atoms with Crippen LogP contribution in [0.2, 0.25) is 0 Å². The Hall–Kier alpha value is -1.78. The third-order valence-electron chi connectivity index (χ3n) is 2.06. The van der Waals surface area contributed by atoms with Gasteiger partial charge in [-0.1, -0.05) is 12.6 Å². The van der Waals surface area contributed by atoms with E-state index in [1.807, 2.05) is 0 Å². The monoisotopic (exact) mass is 305 g/mol. The van der Waals surface area contributed by atoms with Gasteiger partial charge in [-0.15, -0.1) is 0 Å². The van der Waals surface area contributed by atoms with Gasteiger partial charge in [0.25, 0.3) is 0 Å². The second-order valence-corrected chi connectivity index (χ2v) is 5.54. The molecule has 10 heteroatoms. The van der Waals surface area contributed by atoms with Crippen LogP contribution in [0, 0.1) is 0 Å². The number of carbonyl (C=O) groups is 2. The molecule has 0 saturated carbocycles. The van der Waals surface area contributed by atoms with Crippen LogP contribution in [0.3, 0.4) is 0 Å². The highest BCUT2D eigenvalue weighted by atomic mass is 32.2. The standard InChI is InChI=1S/C9H7NO7S2/c10-19(13,14)5-4-7(11)16-6-2-1-3-15-9(6,18)17-8(5)12/h1-4,18H,(H2,10,13,14)/b5-4-. The lowest BCUT2D eigenvalue weighted by Crippen LogP contribution is -2.39. The summed E-state index contributed by atoms with van der Waals surface area (Å²) >= 11 is 3.90. The Balaban J connectivity index is 2.52. The molecule has 0 aromatic heterocycles. The number of primary sulfonamides is 1. The fraction of sp³-hybridized carbons (Fsp3) is 0.111. The number of nitrogens with two attached hydrogens (primary N) is 1. The minimum absolute atomic E-state index is 0.221. The number of thiol groups is 1. The number of rotatable bonds is 1. The van der Waals surface area contributed by atoms with Gasteiger partial charge in [-0.25, -0.2) is 23.1 Å². The van der Waals surface area contributed by atoms with Gasteiger partial charge in [-0.2, -0.15) is 0 Å². The Bertz CT molecular complexity index is 645. The van der Waals surface area contributed by atoms with Crippen molar-refractivity contribution in [3.63, 3.8) is 0 Å². The minimum Gasteiger partial charge on any atom is -0.446 e. The highest BCUT2D eigenvalue weighted by Crippen LogP contribution is 2.34. The SMILES string of the molecule is NS(=O)(=O)/C1=C\C(=O)OC2=CC=COC2(S)OC1=O. The number of fused-ring (bicyclic) bond motifs is 1. The molecule has 0 saturated heterocycles. The second-order valence-electron chi connectivity index (χ2n) is 3.42. The molecule has 0 amide bonds. The number of allylic oxidation sites excluding steroid dienone is 2. The lowest BCUT2D eigenvalue weighted by molar-refractivity contribution is -0.177. The first-order valence-electron chi connectivity index (χ1n) is 4.69. The fourth-order valence-corrected chi connectivity index (χ4v) is 2.07. The molecule has 19 heavy (non-hydrogen) atoms. The number of esters is 2. The molecular weight excluding hydrogens is 298 g/mol. The predicted octanol–water partition coefficient (Wildman–Crippen LogP) is -0.730. The summed E-state index contributed by atoms with van der Waals surface area (Å²) in [6, 6.07) is 0. The quantitative estimate of drug-likeness (QED) is 0.483. The second kappa shape index (κ2) is 4.40. The van der Waals surface area contributed by atoms with Gasteiger partial charge in [-0.05, 0) is 12.2 Å². The molecule has 2 heterocycles. The van der Waals surface area contributed by atoms with Crippen LogP contribution < -0.4 is 5.14 Å². The van der Waals surface area contributed by atoms with E-state index < -0.39 is 32.0 Å². The van der Waals surface area contributed by atoms with Crippen LogP contribution >= 0.6 is 12.6 Å². The number of hydrogen-bond donors (Lipinski definition) is 2. The third-order valence-corrected chi connectivity index (χ3v) is 3.38. The molecule has 0 spiro atoms. The first-order chi connectivity index (χ1) is 8.72. The number of hydrogen-bond acceptors (Lipinski definition) is 8. The van der Waals surface area contributed by atoms with Crippen molar-refractivity contribution in [3.8, 4) is 0 Å². The lowest BCUT2D eigenvalue weighted by atomic mass is 10.3. The minimum atomic E-state index is -4.45. The normalized spacial score (nSPS) is 29.6. The maximum absolute atomic E-state index is 11.7. The van der Waals surface area contributed by atoms with Crippen LogP contribution in [0.5, 0.6) is 0 Å². The first-order valence-corrected chi connectivity index (χ1v) is 6.69. The van der Waals surface area contributed by atoms with Gasteiger partial charge in [-0.3, -0.25) is 0 Å². The van der Waals surface area contributed by atoms with Crippen LogP contribution in [0.4, 0.5) is 0 Å². The maximum Gasteiger partial charge on any atom is 0.362 e. The Labute approximate surface area is 112 Å². The van der Waals surface area contributed by atoms with E-state index in [-0.39, 0.29) is 5.76 Å². The van der Waals surface area contributed by atoms with E-state index in [2.05, 4.69) is 12.6 Å². The van der Waals surface area contributed by atoms with Crippen LogP contribution in [0.1, 0.15) is 0 Å². The van der Waals surface area contributed by atoms with E-state index in [1.54, 1.807) is 0 Å². The van der Waals surface area contributed by atoms with Gasteiger partial charge < -0.3 is 14.2 Å². The fourth-order valence-electron chi connectivity index (χ4n) is 1.27. The molecule has 1 atom stereocenters. The zero-order chi connectivity index (χ0) is 14.3. The summed E-state index contributed by atoms with van der Waals surface area (Å²) in [5, 5.41) is 2.76. The number of sulfonamides is 1. The van der Waals surface area contributed by atoms with E-state index in [4.69, 9.17) is 19.3 Å². The van der Waals surface area contributed by atoms with Gasteiger partial charge in [0.1, 0.15) is 0 Å². The van der Waals surface area contributed by atoms with Crippen LogP contribution in [-0.2, 0) is 33.8 Å². The highest BCUT2D eigenvalue weighted by Gasteiger charge is 2.44. The third kappa shape index (κ3) is 2.64. The summed E-state index contributed by atoms with van der Waals surface area (Å²) < 4.78 is 36.8. The smallest absolute Gasteiger partial charge is 0.362 e. The van der Waals surface area contributed by atoms with Crippen molar-refractivity contribution in [3.05, 3.63) is 35.2 Å². The summed E-state index contributed by atoms with van der Waals surface area (Å²) in [5.41, 5.74) is 0. The van der Waals surface area contributed by atoms with Crippen LogP contribution in [-0.4, -0.2) is 25.5 Å². The summed E-state index contributed by atoms with van der Waals surface area (Å²) in [7, 11) is -4.45. The van der Waals surface area contributed by atoms with E-state index in [9.17, 15) is 18.0 Å². The molecule has 8 nitrogen and oxygen atoms in total. The number of ether oxygens (including phenoxy) is 3. The van der Waals surface area contributed by atoms with Crippen molar-refractivity contribution in [2.45, 2.75) is 5.12 Å². The van der Waals surface area contributed by atoms with E-state index in [0.29, 0.717) is 6.08 Å². The Morgan fingerprint density at radius 1 is 1.32 bits per heavy atom. The predicted molar refractivity (Wildman–Crippen MR) is 63.4 cm³/mol. The van der Waals surface area contributed by atoms with Crippen molar-refractivity contribution in [2.24, 2.45) is 5.14 Å². The zero-order valence-corrected chi connectivity index (χ0v) is 10.8. The molecule has 0 bridgehead atoms. The van der Waals surface area contributed by atoms with Crippen molar-refractivity contribution in [2.75, 3.05) is 0 Å². The Morgan fingerprint density at radius 2 is 2.00 bits per heavy atom. The van der Waals surface area contributed by atoms with Crippen LogP contribution in [0.15, 0.2) is 35.2 Å². The summed E-state index contributed by atoms with van der Waals surface area (Å²) in [4.78, 5) is 22.1. The topological polar surface area (TPSA) is 122 Å². The number of carbonyl (C=O) groups excluding carboxylic acids is 2. The maximum atomic E-state index is 11.7. The molecule has 1 unspecified atom stereocenters. The Kier molecular flexibility index (Phi) is 3.16. The van der Waals surface area contributed by atoms with E-state index in [1.165, 1.54) is 12.2 Å². The lowest BCUT2D eigenvalue weighted by Gasteiger charge is -2.31. The summed E-state index contributed by atoms with van der Waals surface area (Å²) in [5.74, 6) is -2.72. The average Bonchev–Trinajstić information content (AvgIpc) is 2.26. The van der Waals surface area contributed by atoms with E-state index in [0.717, 1.165) is 6.26 Å². The summed E-state index contributed by atoms with van der Waals surface area (Å²) in [6.07, 6.45) is 4.19. The first kappa shape index (κ1) is 13.6. The van der Waals surface area contributed by atoms with Gasteiger partial charge in [0, 0.05) is 0 Å². The average molecular weight is 305 g/mol. The molecule has 0 aromatic rings. The van der Waals surface area contributed by atoms with Crippen molar-refractivity contribution in [1.82, 2.24) is 0 Å². The molecule has 0 radical (unpaired) electrons. The molecule has 102 valence electrons. The highest BCUT2D eigenvalue weighted by molar-refractivity contribution is 7.94. The van der Waals surface area contributed by atoms with Crippen molar-refractivity contribution in [1.29, 1.82) is 0 Å². The van der Waals surface area contributed by atoms with Gasteiger partial charge in [0.15, 0.2) is 4.91 Å². The molecule has 0 fully saturated rings. The van der Waals surface area contributed by atoms with E-state index >= 15 is 0 Å². The van der Waals surface area contributed by atoms with Crippen molar-refractivity contribution >= 4 is 34.6 Å². The van der Waals surface area contributed by atoms with Crippen molar-refractivity contribution < 1.29 is 32.2 Å². The molecule has 2 N–H and O–H groups in total. The molecular formula is C9H7NO7S2. The molecule has 0 aromatic carbocycles. The molecule has 2 rings (SSSR count). The summed E-state index contributed by atoms with van der Waals surface area (Å²) in [6.45, 7) is 0. The molecule has 0 aliphatic carbocycles. The van der Waals surface area contributed by atoms with Crippen LogP contribution in [0.25, 0.3) is 0 Å². The molecule has 2 aliphatic rings. The van der Waals surface area contributed by atoms with Gasteiger partial charge >= 0.3 is 17.1 Å². The van der Waals surface area contributed by atoms with Gasteiger partial charge in [0.2, 0.25) is 15.8 Å². The zero-order valence-electron chi connectivity index (χ0n) is 9.10. The largest absolute Gasteiger partial charge is 0.446 e.